The molecule has 0 saturated heterocycles. The first-order valence-electron chi connectivity index (χ1n) is 22.3. The van der Waals surface area contributed by atoms with Gasteiger partial charge >= 0.3 is 6.18 Å². The summed E-state index contributed by atoms with van der Waals surface area (Å²) in [4.78, 5) is 7.49. The maximum absolute atomic E-state index is 15.0. The summed E-state index contributed by atoms with van der Waals surface area (Å²) in [6.45, 7) is 17.5. The second kappa shape index (κ2) is 16.9. The molecule has 0 spiro atoms. The Hall–Kier alpha value is -10.2. The summed E-state index contributed by atoms with van der Waals surface area (Å²) in [7, 11) is 0. The summed E-state index contributed by atoms with van der Waals surface area (Å²) in [6, 6.07) is 59.3. The van der Waals surface area contributed by atoms with Gasteiger partial charge < -0.3 is 9.13 Å². The molecule has 0 atom stereocenters. The van der Waals surface area contributed by atoms with Crippen LogP contribution in [0.1, 0.15) is 27.8 Å². The van der Waals surface area contributed by atoms with Crippen molar-refractivity contribution in [1.29, 1.82) is 15.8 Å². The monoisotopic (exact) mass is 919 g/mol. The molecule has 71 heavy (non-hydrogen) atoms. The Kier molecular flexibility index (Phi) is 10.3. The van der Waals surface area contributed by atoms with Crippen molar-refractivity contribution in [2.45, 2.75) is 13.1 Å². The molecular formula is C61H32F3N7. The molecule has 0 aliphatic heterocycles. The van der Waals surface area contributed by atoms with Crippen LogP contribution in [0.3, 0.4) is 0 Å². The zero-order valence-electron chi connectivity index (χ0n) is 37.5. The molecule has 11 aromatic rings. The van der Waals surface area contributed by atoms with Crippen LogP contribution in [0.15, 0.2) is 176 Å². The molecule has 0 radical (unpaired) electrons. The fourth-order valence-corrected chi connectivity index (χ4v) is 10.1. The smallest absolute Gasteiger partial charge is 0.309 e. The van der Waals surface area contributed by atoms with Crippen molar-refractivity contribution in [2.75, 3.05) is 0 Å². The van der Waals surface area contributed by atoms with E-state index < -0.39 is 11.7 Å². The Morgan fingerprint density at radius 2 is 0.915 bits per heavy atom. The first kappa shape index (κ1) is 43.4. The number of para-hydroxylation sites is 2. The second-order valence-electron chi connectivity index (χ2n) is 17.2. The molecule has 0 fully saturated rings. The number of benzene rings is 9. The molecule has 0 bridgehead atoms. The quantitative estimate of drug-likeness (QED) is 0.156. The van der Waals surface area contributed by atoms with Gasteiger partial charge in [-0.2, -0.15) is 29.0 Å². The van der Waals surface area contributed by atoms with E-state index in [0.29, 0.717) is 72.8 Å². The number of fused-ring (bicyclic) bond motifs is 6. The second-order valence-corrected chi connectivity index (χ2v) is 17.2. The van der Waals surface area contributed by atoms with Crippen LogP contribution in [-0.4, -0.2) is 9.13 Å². The number of nitrogens with zero attached hydrogens (tertiary/aromatic N) is 7. The minimum Gasteiger partial charge on any atom is -0.309 e. The summed E-state index contributed by atoms with van der Waals surface area (Å²) in [6.07, 6.45) is -4.65. The molecule has 0 N–H and O–H groups in total. The van der Waals surface area contributed by atoms with E-state index in [4.69, 9.17) is 13.1 Å². The van der Waals surface area contributed by atoms with Crippen LogP contribution < -0.4 is 0 Å². The SMILES string of the molecule is [C-]#[N+]c1cc(C#N)ccc1-c1ccc2c(c1)c1ccccc1n2-c1ccc(-c2c(C)cccc2C(F)(F)F)cc1-c1ccc(C#N)cc1-n1c2ccccc2c2cc(-c3ccc(C#N)cc3[N+]#[C-])ccc21. The molecule has 2 heterocycles. The Bertz CT molecular complexity index is 4310. The summed E-state index contributed by atoms with van der Waals surface area (Å²) in [5.74, 6) is 0. The molecule has 332 valence electrons. The predicted octanol–water partition coefficient (Wildman–Crippen LogP) is 16.6. The van der Waals surface area contributed by atoms with Crippen molar-refractivity contribution in [3.63, 3.8) is 0 Å². The van der Waals surface area contributed by atoms with Crippen LogP contribution in [0.5, 0.6) is 0 Å². The lowest BCUT2D eigenvalue weighted by atomic mass is 9.90. The lowest BCUT2D eigenvalue weighted by Gasteiger charge is -2.21. The molecule has 10 heteroatoms. The number of halogens is 3. The molecule has 0 aliphatic carbocycles. The van der Waals surface area contributed by atoms with Gasteiger partial charge in [-0.05, 0) is 137 Å². The van der Waals surface area contributed by atoms with E-state index in [1.807, 2.05) is 109 Å². The van der Waals surface area contributed by atoms with Crippen LogP contribution in [0.2, 0.25) is 0 Å². The van der Waals surface area contributed by atoms with Crippen molar-refractivity contribution in [3.8, 4) is 74.1 Å². The number of aromatic nitrogens is 2. The van der Waals surface area contributed by atoms with E-state index in [1.165, 1.54) is 6.07 Å². The third-order valence-electron chi connectivity index (χ3n) is 13.2. The topological polar surface area (TPSA) is 90.0 Å². The van der Waals surface area contributed by atoms with Crippen LogP contribution in [0.25, 0.3) is 109 Å². The molecule has 7 nitrogen and oxygen atoms in total. The lowest BCUT2D eigenvalue weighted by Crippen LogP contribution is -2.08. The largest absolute Gasteiger partial charge is 0.417 e. The highest BCUT2D eigenvalue weighted by Crippen LogP contribution is 2.46. The Balaban J connectivity index is 1.22. The molecule has 9 aromatic carbocycles. The van der Waals surface area contributed by atoms with Gasteiger partial charge in [-0.25, -0.2) is 9.69 Å². The zero-order valence-corrected chi connectivity index (χ0v) is 37.5. The van der Waals surface area contributed by atoms with Gasteiger partial charge in [0.25, 0.3) is 0 Å². The van der Waals surface area contributed by atoms with Crippen molar-refractivity contribution >= 4 is 55.0 Å². The first-order chi connectivity index (χ1) is 34.5. The minimum atomic E-state index is -4.65. The van der Waals surface area contributed by atoms with Gasteiger partial charge in [0.2, 0.25) is 0 Å². The van der Waals surface area contributed by atoms with Crippen LogP contribution in [0.4, 0.5) is 24.5 Å². The van der Waals surface area contributed by atoms with Crippen molar-refractivity contribution in [1.82, 2.24) is 9.13 Å². The Morgan fingerprint density at radius 3 is 1.44 bits per heavy atom. The van der Waals surface area contributed by atoms with Gasteiger partial charge in [0.05, 0.1) is 75.9 Å². The summed E-state index contributed by atoms with van der Waals surface area (Å²) in [5, 5.41) is 33.1. The van der Waals surface area contributed by atoms with E-state index in [2.05, 4.69) is 37.0 Å². The Morgan fingerprint density at radius 1 is 0.437 bits per heavy atom. The van der Waals surface area contributed by atoms with Crippen molar-refractivity contribution < 1.29 is 13.2 Å². The summed E-state index contributed by atoms with van der Waals surface area (Å²) >= 11 is 0. The van der Waals surface area contributed by atoms with Gasteiger partial charge in [-0.1, -0.05) is 84.9 Å². The van der Waals surface area contributed by atoms with Crippen LogP contribution >= 0.6 is 0 Å². The third-order valence-corrected chi connectivity index (χ3v) is 13.2. The number of aryl methyl sites for hydroxylation is 1. The van der Waals surface area contributed by atoms with Gasteiger partial charge in [0.15, 0.2) is 11.4 Å². The fourth-order valence-electron chi connectivity index (χ4n) is 10.1. The molecular weight excluding hydrogens is 888 g/mol. The molecule has 0 amide bonds. The van der Waals surface area contributed by atoms with E-state index in [-0.39, 0.29) is 5.56 Å². The normalized spacial score (nSPS) is 11.3. The highest BCUT2D eigenvalue weighted by atomic mass is 19.4. The number of rotatable bonds is 6. The van der Waals surface area contributed by atoms with E-state index in [0.717, 1.165) is 60.8 Å². The first-order valence-corrected chi connectivity index (χ1v) is 22.3. The molecule has 0 unspecified atom stereocenters. The van der Waals surface area contributed by atoms with Gasteiger partial charge in [0.1, 0.15) is 0 Å². The highest BCUT2D eigenvalue weighted by molar-refractivity contribution is 6.13. The number of hydrogen-bond donors (Lipinski definition) is 0. The fraction of sp³-hybridized carbons (Fsp3) is 0.0328. The standard InChI is InChI=1S/C61H32F3N7/c1-36-9-8-12-51(61(62,63)64)60(36)42-20-26-57(70-54-13-6-4-10-45(54)48-30-40(18-24-56(48)70)43-21-15-37(33-65)27-52(43)68-2)50(32-42)47-23-17-39(35-67)29-59(47)71-55-14-7-5-11-46(55)49-31-41(19-25-58(49)71)44-22-16-38(34-66)28-53(44)69-3/h4-32H,1H3. The molecule has 0 aliphatic rings. The number of alkyl halides is 3. The van der Waals surface area contributed by atoms with Crippen molar-refractivity contribution in [2.24, 2.45) is 0 Å². The predicted molar refractivity (Wildman–Crippen MR) is 273 cm³/mol. The maximum Gasteiger partial charge on any atom is 0.417 e. The number of nitriles is 3. The van der Waals surface area contributed by atoms with Gasteiger partial charge in [-0.3, -0.25) is 0 Å². The van der Waals surface area contributed by atoms with Gasteiger partial charge in [0, 0.05) is 43.8 Å². The maximum atomic E-state index is 15.0. The summed E-state index contributed by atoms with van der Waals surface area (Å²) in [5.41, 5.74) is 10.5. The molecule has 0 saturated carbocycles. The van der Waals surface area contributed by atoms with Crippen LogP contribution in [-0.2, 0) is 6.18 Å². The highest BCUT2D eigenvalue weighted by Gasteiger charge is 2.34. The van der Waals surface area contributed by atoms with E-state index >= 15 is 0 Å². The summed E-state index contributed by atoms with van der Waals surface area (Å²) < 4.78 is 49.1. The average molecular weight is 920 g/mol. The van der Waals surface area contributed by atoms with E-state index in [1.54, 1.807) is 61.5 Å². The lowest BCUT2D eigenvalue weighted by molar-refractivity contribution is -0.137. The molecule has 2 aromatic heterocycles. The van der Waals surface area contributed by atoms with Gasteiger partial charge in [-0.15, -0.1) is 0 Å². The average Bonchev–Trinajstić information content (AvgIpc) is 3.91. The third kappa shape index (κ3) is 7.10. The minimum absolute atomic E-state index is 0.0545. The van der Waals surface area contributed by atoms with Crippen molar-refractivity contribution in [3.05, 3.63) is 227 Å². The Labute approximate surface area is 405 Å². The zero-order chi connectivity index (χ0) is 49.1. The van der Waals surface area contributed by atoms with E-state index in [9.17, 15) is 29.0 Å². The van der Waals surface area contributed by atoms with Crippen LogP contribution in [0, 0.1) is 54.1 Å². The molecule has 11 rings (SSSR count). The number of hydrogen-bond acceptors (Lipinski definition) is 3.